The lowest BCUT2D eigenvalue weighted by atomic mass is 10.1. The van der Waals surface area contributed by atoms with Gasteiger partial charge in [-0.3, -0.25) is 24.0 Å². The molecule has 1 atom stereocenters. The highest BCUT2D eigenvalue weighted by Crippen LogP contribution is 2.24. The summed E-state index contributed by atoms with van der Waals surface area (Å²) in [6.07, 6.45) is 0.895. The molecule has 0 aromatic heterocycles. The smallest absolute Gasteiger partial charge is 0.271 e. The molecule has 0 spiro atoms. The Balaban J connectivity index is 2.44. The van der Waals surface area contributed by atoms with E-state index in [1.54, 1.807) is 38.1 Å². The summed E-state index contributed by atoms with van der Waals surface area (Å²) in [6.45, 7) is 4.38. The van der Waals surface area contributed by atoms with E-state index >= 15 is 0 Å². The third kappa shape index (κ3) is 7.16. The van der Waals surface area contributed by atoms with Gasteiger partial charge < -0.3 is 10.2 Å². The van der Waals surface area contributed by atoms with E-state index in [0.717, 1.165) is 16.6 Å². The average Bonchev–Trinajstić information content (AvgIpc) is 2.75. The second-order valence-electron chi connectivity index (χ2n) is 8.00. The fourth-order valence-corrected chi connectivity index (χ4v) is 4.21. The molecule has 0 saturated heterocycles. The van der Waals surface area contributed by atoms with Gasteiger partial charge in [-0.25, -0.2) is 8.42 Å². The van der Waals surface area contributed by atoms with Gasteiger partial charge in [0.05, 0.1) is 16.9 Å². The fourth-order valence-electron chi connectivity index (χ4n) is 3.17. The molecule has 0 aliphatic rings. The highest BCUT2D eigenvalue weighted by atomic mass is 35.5. The van der Waals surface area contributed by atoms with Gasteiger partial charge in [-0.2, -0.15) is 0 Å². The summed E-state index contributed by atoms with van der Waals surface area (Å²) in [5, 5.41) is 14.3. The number of carbonyl (C=O) groups excluding carboxylic acids is 2. The number of hydrogen-bond donors (Lipinski definition) is 1. The first-order chi connectivity index (χ1) is 15.8. The molecule has 2 aromatic rings. The Morgan fingerprint density at radius 2 is 1.76 bits per heavy atom. The molecule has 0 aliphatic heterocycles. The zero-order chi connectivity index (χ0) is 25.6. The Morgan fingerprint density at radius 1 is 1.12 bits per heavy atom. The van der Waals surface area contributed by atoms with Gasteiger partial charge in [-0.15, -0.1) is 0 Å². The van der Waals surface area contributed by atoms with Crippen LogP contribution >= 0.6 is 11.6 Å². The standard InChI is InChI=1S/C22H27ClN4O6S/c1-15(2)24-22(29)16(3)25(13-17-8-5-6-11-20(17)23)21(28)14-26(34(4,32)33)18-9-7-10-19(12-18)27(30)31/h5-12,15-16H,13-14H2,1-4H3,(H,24,29)/t16-/m1/s1. The minimum absolute atomic E-state index is 0.0398. The minimum Gasteiger partial charge on any atom is -0.352 e. The summed E-state index contributed by atoms with van der Waals surface area (Å²) >= 11 is 6.25. The monoisotopic (exact) mass is 510 g/mol. The number of sulfonamides is 1. The average molecular weight is 511 g/mol. The third-order valence-corrected chi connectivity index (χ3v) is 6.41. The number of anilines is 1. The lowest BCUT2D eigenvalue weighted by molar-refractivity contribution is -0.384. The van der Waals surface area contributed by atoms with Crippen molar-refractivity contribution in [2.75, 3.05) is 17.1 Å². The molecule has 2 rings (SSSR count). The second-order valence-corrected chi connectivity index (χ2v) is 10.3. The molecule has 1 N–H and O–H groups in total. The topological polar surface area (TPSA) is 130 Å². The maximum Gasteiger partial charge on any atom is 0.271 e. The van der Waals surface area contributed by atoms with E-state index in [-0.39, 0.29) is 24.0 Å². The van der Waals surface area contributed by atoms with Crippen LogP contribution in [0.15, 0.2) is 48.5 Å². The molecular formula is C22H27ClN4O6S. The van der Waals surface area contributed by atoms with Crippen molar-refractivity contribution < 1.29 is 22.9 Å². The predicted octanol–water partition coefficient (Wildman–Crippen LogP) is 2.96. The molecule has 2 amide bonds. The van der Waals surface area contributed by atoms with Gasteiger partial charge in [0.15, 0.2) is 0 Å². The summed E-state index contributed by atoms with van der Waals surface area (Å²) in [6, 6.07) is 10.6. The summed E-state index contributed by atoms with van der Waals surface area (Å²) in [5.41, 5.74) is 0.209. The zero-order valence-corrected chi connectivity index (χ0v) is 20.8. The molecule has 0 aliphatic carbocycles. The molecule has 34 heavy (non-hydrogen) atoms. The van der Waals surface area contributed by atoms with Gasteiger partial charge in [-0.1, -0.05) is 35.9 Å². The van der Waals surface area contributed by atoms with E-state index in [4.69, 9.17) is 11.6 Å². The quantitative estimate of drug-likeness (QED) is 0.386. The van der Waals surface area contributed by atoms with Gasteiger partial charge in [0.25, 0.3) is 5.69 Å². The van der Waals surface area contributed by atoms with E-state index in [1.165, 1.54) is 30.0 Å². The molecule has 0 bridgehead atoms. The third-order valence-electron chi connectivity index (χ3n) is 4.90. The van der Waals surface area contributed by atoms with Crippen LogP contribution in [0.4, 0.5) is 11.4 Å². The van der Waals surface area contributed by atoms with Crippen molar-refractivity contribution in [2.45, 2.75) is 39.4 Å². The zero-order valence-electron chi connectivity index (χ0n) is 19.3. The first-order valence-corrected chi connectivity index (χ1v) is 12.6. The number of benzene rings is 2. The fraction of sp³-hybridized carbons (Fsp3) is 0.364. The normalized spacial score (nSPS) is 12.2. The molecule has 184 valence electrons. The Hall–Kier alpha value is -3.18. The maximum atomic E-state index is 13.4. The van der Waals surface area contributed by atoms with Crippen molar-refractivity contribution >= 4 is 44.8 Å². The summed E-state index contributed by atoms with van der Waals surface area (Å²) in [7, 11) is -4.00. The van der Waals surface area contributed by atoms with Crippen LogP contribution in [0, 0.1) is 10.1 Å². The Labute approximate surface area is 203 Å². The number of non-ortho nitro benzene ring substituents is 1. The van der Waals surface area contributed by atoms with E-state index in [1.807, 2.05) is 0 Å². The van der Waals surface area contributed by atoms with Crippen LogP contribution in [0.2, 0.25) is 5.02 Å². The first-order valence-electron chi connectivity index (χ1n) is 10.4. The molecule has 0 fully saturated rings. The molecule has 2 aromatic carbocycles. The van der Waals surface area contributed by atoms with E-state index in [0.29, 0.717) is 10.6 Å². The summed E-state index contributed by atoms with van der Waals surface area (Å²) in [4.78, 5) is 37.8. The SMILES string of the molecule is CC(C)NC(=O)[C@@H](C)N(Cc1ccccc1Cl)C(=O)CN(c1cccc([N+](=O)[O-])c1)S(C)(=O)=O. The minimum atomic E-state index is -4.00. The molecule has 0 saturated carbocycles. The van der Waals surface area contributed by atoms with E-state index in [2.05, 4.69) is 5.32 Å². The highest BCUT2D eigenvalue weighted by Gasteiger charge is 2.31. The highest BCUT2D eigenvalue weighted by molar-refractivity contribution is 7.92. The van der Waals surface area contributed by atoms with Gasteiger partial charge in [0.2, 0.25) is 21.8 Å². The number of nitrogens with zero attached hydrogens (tertiary/aromatic N) is 3. The summed E-state index contributed by atoms with van der Waals surface area (Å²) in [5.74, 6) is -1.10. The molecule has 0 heterocycles. The number of hydrogen-bond acceptors (Lipinski definition) is 6. The van der Waals surface area contributed by atoms with E-state index < -0.39 is 39.3 Å². The maximum absolute atomic E-state index is 13.4. The Kier molecular flexibility index (Phi) is 9.00. The number of nitrogens with one attached hydrogen (secondary N) is 1. The van der Waals surface area contributed by atoms with Gasteiger partial charge in [-0.05, 0) is 38.5 Å². The van der Waals surface area contributed by atoms with Gasteiger partial charge >= 0.3 is 0 Å². The molecule has 0 radical (unpaired) electrons. The molecule has 12 heteroatoms. The van der Waals surface area contributed by atoms with Crippen LogP contribution in [0.3, 0.4) is 0 Å². The Bertz CT molecular complexity index is 1170. The first kappa shape index (κ1) is 27.1. The van der Waals surface area contributed by atoms with Crippen molar-refractivity contribution in [2.24, 2.45) is 0 Å². The van der Waals surface area contributed by atoms with Gasteiger partial charge in [0.1, 0.15) is 12.6 Å². The lowest BCUT2D eigenvalue weighted by Crippen LogP contribution is -2.52. The number of amides is 2. The van der Waals surface area contributed by atoms with E-state index in [9.17, 15) is 28.1 Å². The van der Waals surface area contributed by atoms with Crippen molar-refractivity contribution in [3.63, 3.8) is 0 Å². The number of nitro groups is 1. The van der Waals surface area contributed by atoms with Crippen molar-refractivity contribution in [3.05, 3.63) is 69.2 Å². The number of nitro benzene ring substituents is 1. The van der Waals surface area contributed by atoms with Crippen LogP contribution in [-0.4, -0.2) is 54.9 Å². The molecule has 10 nitrogen and oxygen atoms in total. The van der Waals surface area contributed by atoms with Crippen LogP contribution in [-0.2, 0) is 26.2 Å². The molecule has 0 unspecified atom stereocenters. The second kappa shape index (κ2) is 11.3. The van der Waals surface area contributed by atoms with Crippen LogP contribution in [0.5, 0.6) is 0 Å². The van der Waals surface area contributed by atoms with Crippen LogP contribution in [0.25, 0.3) is 0 Å². The molecular weight excluding hydrogens is 484 g/mol. The van der Waals surface area contributed by atoms with Crippen LogP contribution < -0.4 is 9.62 Å². The number of rotatable bonds is 10. The van der Waals surface area contributed by atoms with Crippen molar-refractivity contribution in [3.8, 4) is 0 Å². The van der Waals surface area contributed by atoms with Crippen molar-refractivity contribution in [1.82, 2.24) is 10.2 Å². The van der Waals surface area contributed by atoms with Gasteiger partial charge in [0, 0.05) is 29.7 Å². The largest absolute Gasteiger partial charge is 0.352 e. The Morgan fingerprint density at radius 3 is 2.32 bits per heavy atom. The number of carbonyl (C=O) groups is 2. The predicted molar refractivity (Wildman–Crippen MR) is 130 cm³/mol. The lowest BCUT2D eigenvalue weighted by Gasteiger charge is -2.32. The van der Waals surface area contributed by atoms with Crippen molar-refractivity contribution in [1.29, 1.82) is 0 Å². The summed E-state index contributed by atoms with van der Waals surface area (Å²) < 4.78 is 25.8. The number of halogens is 1. The van der Waals surface area contributed by atoms with Crippen LogP contribution in [0.1, 0.15) is 26.3 Å².